The maximum absolute atomic E-state index is 12.5. The molecule has 31 heavy (non-hydrogen) atoms. The van der Waals surface area contributed by atoms with Crippen LogP contribution in [0.2, 0.25) is 0 Å². The van der Waals surface area contributed by atoms with Crippen LogP contribution >= 0.6 is 0 Å². The van der Waals surface area contributed by atoms with Crippen molar-refractivity contribution in [3.63, 3.8) is 0 Å². The zero-order valence-corrected chi connectivity index (χ0v) is 24.3. The Balaban J connectivity index is -0.00000300. The molecular weight excluding hydrogens is 546 g/mol. The Labute approximate surface area is 229 Å². The van der Waals surface area contributed by atoms with E-state index >= 15 is 0 Å². The van der Waals surface area contributed by atoms with Crippen molar-refractivity contribution in [2.24, 2.45) is 0 Å². The first-order valence-electron chi connectivity index (χ1n) is 10.6. The van der Waals surface area contributed by atoms with Crippen LogP contribution in [-0.2, 0) is 19.6 Å². The van der Waals surface area contributed by atoms with Gasteiger partial charge in [0.2, 0.25) is 0 Å². The normalized spacial score (nSPS) is 13.1. The summed E-state index contributed by atoms with van der Waals surface area (Å²) in [7, 11) is -4.62. The Morgan fingerprint density at radius 1 is 0.871 bits per heavy atom. The number of benzene rings is 1. The first-order valence-corrected chi connectivity index (χ1v) is 12.1. The van der Waals surface area contributed by atoms with Crippen LogP contribution in [0, 0.1) is 0 Å². The van der Waals surface area contributed by atoms with E-state index in [9.17, 15) is 22.6 Å². The van der Waals surface area contributed by atoms with E-state index in [1.54, 1.807) is 13.8 Å². The summed E-state index contributed by atoms with van der Waals surface area (Å²) in [6.45, 7) is 7.66. The third kappa shape index (κ3) is 11.9. The Morgan fingerprint density at radius 2 is 1.26 bits per heavy atom. The van der Waals surface area contributed by atoms with Crippen LogP contribution in [-0.4, -0.2) is 86.0 Å². The van der Waals surface area contributed by atoms with Crippen molar-refractivity contribution in [2.75, 3.05) is 0 Å². The number of hydrogen-bond donors (Lipinski definition) is 1. The van der Waals surface area contributed by atoms with Crippen molar-refractivity contribution in [1.82, 2.24) is 0 Å². The topological polar surface area (TPSA) is 107 Å². The van der Waals surface area contributed by atoms with E-state index in [4.69, 9.17) is 9.47 Å². The van der Waals surface area contributed by atoms with Gasteiger partial charge in [-0.15, -0.1) is 0 Å². The number of unbranched alkanes of at least 4 members (excludes halogenated alkanes) is 4. The molecule has 0 radical (unpaired) electrons. The predicted octanol–water partition coefficient (Wildman–Crippen LogP) is 5.03. The van der Waals surface area contributed by atoms with Crippen molar-refractivity contribution in [2.45, 2.75) is 96.2 Å². The minimum atomic E-state index is -4.62. The molecule has 1 aromatic rings. The first kappa shape index (κ1) is 30.6. The van der Waals surface area contributed by atoms with Gasteiger partial charge in [0.1, 0.15) is 0 Å². The molecule has 0 saturated heterocycles. The Bertz CT molecular complexity index is 771. The van der Waals surface area contributed by atoms with Gasteiger partial charge in [-0.1, -0.05) is 39.5 Å². The molecule has 0 spiro atoms. The van der Waals surface area contributed by atoms with Crippen LogP contribution in [0.1, 0.15) is 103 Å². The molecule has 0 bridgehead atoms. The summed E-state index contributed by atoms with van der Waals surface area (Å²) in [6.07, 6.45) is 6.59. The van der Waals surface area contributed by atoms with Gasteiger partial charge in [0, 0.05) is 0 Å². The van der Waals surface area contributed by atoms with Gasteiger partial charge in [0.25, 0.3) is 10.1 Å². The third-order valence-electron chi connectivity index (χ3n) is 4.72. The molecule has 1 rings (SSSR count). The van der Waals surface area contributed by atoms with Gasteiger partial charge in [-0.05, 0) is 57.7 Å². The number of rotatable bonds is 13. The summed E-state index contributed by atoms with van der Waals surface area (Å²) in [6, 6.07) is 3.23. The van der Waals surface area contributed by atoms with Crippen LogP contribution in [0.5, 0.6) is 0 Å². The van der Waals surface area contributed by atoms with Gasteiger partial charge in [0.15, 0.2) is 0 Å². The van der Waals surface area contributed by atoms with Crippen molar-refractivity contribution < 1.29 is 34.9 Å². The molecule has 0 aliphatic rings. The summed E-state index contributed by atoms with van der Waals surface area (Å²) < 4.78 is 43.4. The summed E-state index contributed by atoms with van der Waals surface area (Å²) in [5.41, 5.74) is -0.254. The molecule has 0 heterocycles. The van der Waals surface area contributed by atoms with Crippen molar-refractivity contribution in [3.8, 4) is 0 Å². The number of ether oxygens (including phenoxy) is 2. The molecule has 2 atom stereocenters. The number of carbonyl (C=O) groups is 2. The van der Waals surface area contributed by atoms with E-state index in [1.165, 1.54) is 6.07 Å². The van der Waals surface area contributed by atoms with Gasteiger partial charge >= 0.3 is 60.8 Å². The van der Waals surface area contributed by atoms with Gasteiger partial charge in [-0.25, -0.2) is 9.59 Å². The largest absolute Gasteiger partial charge is 2.00 e. The average molecular weight is 582 g/mol. The van der Waals surface area contributed by atoms with Crippen LogP contribution in [0.15, 0.2) is 23.1 Å². The Kier molecular flexibility index (Phi) is 15.3. The maximum atomic E-state index is 12.5. The molecule has 0 aliphatic heterocycles. The van der Waals surface area contributed by atoms with Gasteiger partial charge < -0.3 is 12.3 Å². The van der Waals surface area contributed by atoms with Gasteiger partial charge in [0.05, 0.1) is 28.2 Å². The van der Waals surface area contributed by atoms with E-state index in [1.807, 2.05) is 0 Å². The molecule has 1 N–H and O–H groups in total. The van der Waals surface area contributed by atoms with Crippen molar-refractivity contribution in [3.05, 3.63) is 29.3 Å². The van der Waals surface area contributed by atoms with Crippen LogP contribution in [0.25, 0.3) is 0 Å². The first-order chi connectivity index (χ1) is 14.1. The molecule has 0 saturated carbocycles. The van der Waals surface area contributed by atoms with Gasteiger partial charge in [-0.3, -0.25) is 4.55 Å². The minimum absolute atomic E-state index is 0. The summed E-state index contributed by atoms with van der Waals surface area (Å²) in [4.78, 5) is 24.4. The quantitative estimate of drug-likeness (QED) is 0.151. The fourth-order valence-electron chi connectivity index (χ4n) is 2.97. The maximum Gasteiger partial charge on any atom is 2.00 e. The van der Waals surface area contributed by atoms with E-state index < -0.39 is 27.0 Å². The van der Waals surface area contributed by atoms with Crippen LogP contribution in [0.4, 0.5) is 0 Å². The third-order valence-corrected chi connectivity index (χ3v) is 5.55. The van der Waals surface area contributed by atoms with E-state index in [0.717, 1.165) is 50.7 Å². The van der Waals surface area contributed by atoms with Crippen molar-refractivity contribution in [1.29, 1.82) is 0 Å². The predicted molar refractivity (Wildman–Crippen MR) is 122 cm³/mol. The van der Waals surface area contributed by atoms with E-state index in [2.05, 4.69) is 13.8 Å². The molecule has 2 unspecified atom stereocenters. The van der Waals surface area contributed by atoms with E-state index in [0.29, 0.717) is 12.8 Å². The molecule has 0 aliphatic carbocycles. The fraction of sp³-hybridized carbons (Fsp3) is 0.636. The molecule has 0 fully saturated rings. The SMILES string of the molecule is CCCCCC(C)OC(=O)c1cc(C(=O)OC(C)CCCCC)cc(S(=O)(=O)O)c1.[Ba+2].[H-].[H-]. The zero-order chi connectivity index (χ0) is 22.7. The second kappa shape index (κ2) is 15.5. The monoisotopic (exact) mass is 582 g/mol. The molecule has 1 aromatic carbocycles. The smallest absolute Gasteiger partial charge is 1.00 e. The molecule has 0 amide bonds. The molecule has 0 aromatic heterocycles. The molecular formula is C22H36BaO7S. The fourth-order valence-corrected chi connectivity index (χ4v) is 3.52. The summed E-state index contributed by atoms with van der Waals surface area (Å²) in [5, 5.41) is 0. The number of carbonyl (C=O) groups excluding carboxylic acids is 2. The van der Waals surface area contributed by atoms with Crippen LogP contribution in [0.3, 0.4) is 0 Å². The second-order valence-electron chi connectivity index (χ2n) is 7.64. The second-order valence-corrected chi connectivity index (χ2v) is 9.07. The molecule has 7 nitrogen and oxygen atoms in total. The van der Waals surface area contributed by atoms with E-state index in [-0.39, 0.29) is 75.1 Å². The van der Waals surface area contributed by atoms with Crippen molar-refractivity contribution >= 4 is 70.9 Å². The molecule has 9 heteroatoms. The zero-order valence-electron chi connectivity index (χ0n) is 21.1. The standard InChI is InChI=1S/C22H34O7S.Ba.2H/c1-5-7-9-11-16(3)28-21(23)18-13-19(15-20(14-18)30(25,26)27)22(24)29-17(4)12-10-8-6-2;;;/h13-17H,5-12H2,1-4H3,(H,25,26,27);;;/q;+2;2*-1. The number of esters is 2. The molecule has 174 valence electrons. The minimum Gasteiger partial charge on any atom is -1.00 e. The average Bonchev–Trinajstić information content (AvgIpc) is 2.67. The Hall–Kier alpha value is -0.359. The summed E-state index contributed by atoms with van der Waals surface area (Å²) in [5.74, 6) is -1.51. The summed E-state index contributed by atoms with van der Waals surface area (Å²) >= 11 is 0. The van der Waals surface area contributed by atoms with Crippen LogP contribution < -0.4 is 0 Å². The van der Waals surface area contributed by atoms with Gasteiger partial charge in [-0.2, -0.15) is 8.42 Å². The Morgan fingerprint density at radius 3 is 1.58 bits per heavy atom. The number of hydrogen-bond acceptors (Lipinski definition) is 6.